The number of hydrogen-bond donors (Lipinski definition) is 3. The summed E-state index contributed by atoms with van der Waals surface area (Å²) in [7, 11) is -2.75. The van der Waals surface area contributed by atoms with E-state index in [2.05, 4.69) is 16.0 Å². The molecule has 1 saturated heterocycles. The third-order valence-electron chi connectivity index (χ3n) is 9.35. The van der Waals surface area contributed by atoms with Gasteiger partial charge >= 0.3 is 35.7 Å². The molecule has 15 nitrogen and oxygen atoms in total. The topological polar surface area (TPSA) is 152 Å². The van der Waals surface area contributed by atoms with Crippen LogP contribution in [0.2, 0.25) is 12.1 Å². The molecule has 57 heavy (non-hydrogen) atoms. The van der Waals surface area contributed by atoms with Crippen LogP contribution in [0.5, 0.6) is 0 Å². The van der Waals surface area contributed by atoms with Crippen molar-refractivity contribution in [2.75, 3.05) is 88.8 Å². The van der Waals surface area contributed by atoms with Gasteiger partial charge in [-0.15, -0.1) is 0 Å². The van der Waals surface area contributed by atoms with Crippen LogP contribution in [-0.2, 0) is 33.2 Å². The molecule has 0 unspecified atom stereocenters. The summed E-state index contributed by atoms with van der Waals surface area (Å²) in [6, 6.07) is 26.7. The van der Waals surface area contributed by atoms with Crippen LogP contribution >= 0.6 is 0 Å². The van der Waals surface area contributed by atoms with Gasteiger partial charge in [-0.2, -0.15) is 0 Å². The number of carbonyl (C=O) groups excluding carboxylic acids is 3. The predicted molar refractivity (Wildman–Crippen MR) is 225 cm³/mol. The summed E-state index contributed by atoms with van der Waals surface area (Å²) in [5, 5.41) is 8.64. The van der Waals surface area contributed by atoms with E-state index in [1.165, 1.54) is 0 Å². The van der Waals surface area contributed by atoms with E-state index in [0.29, 0.717) is 82.3 Å². The van der Waals surface area contributed by atoms with E-state index in [-0.39, 0.29) is 37.8 Å². The van der Waals surface area contributed by atoms with E-state index in [4.69, 9.17) is 26.6 Å². The first kappa shape index (κ1) is 45.4. The Morgan fingerprint density at radius 2 is 1.30 bits per heavy atom. The Hall–Kier alpha value is -4.34. The van der Waals surface area contributed by atoms with Gasteiger partial charge in [0.2, 0.25) is 0 Å². The summed E-state index contributed by atoms with van der Waals surface area (Å²) in [5.41, 5.74) is 3.05. The number of benzene rings is 3. The second-order valence-corrected chi connectivity index (χ2v) is 18.9. The Morgan fingerprint density at radius 3 is 1.91 bits per heavy atom. The summed E-state index contributed by atoms with van der Waals surface area (Å²) in [6.45, 7) is 10.2. The van der Waals surface area contributed by atoms with Gasteiger partial charge in [-0.1, -0.05) is 48.5 Å². The molecular formula is C40H60N6O9Si2. The maximum absolute atomic E-state index is 13.7. The lowest BCUT2D eigenvalue weighted by molar-refractivity contribution is 0.0701. The zero-order valence-corrected chi connectivity index (χ0v) is 36.0. The third-order valence-corrected chi connectivity index (χ3v) is 15.3. The third kappa shape index (κ3) is 14.2. The first-order chi connectivity index (χ1) is 27.7. The second kappa shape index (κ2) is 23.8. The minimum Gasteiger partial charge on any atom is -0.377 e. The van der Waals surface area contributed by atoms with Crippen molar-refractivity contribution in [3.05, 3.63) is 90.5 Å². The minimum absolute atomic E-state index is 0.00386. The molecule has 0 radical (unpaired) electrons. The largest absolute Gasteiger partial charge is 0.500 e. The average molecular weight is 825 g/mol. The van der Waals surface area contributed by atoms with Gasteiger partial charge in [-0.05, 0) is 75.6 Å². The van der Waals surface area contributed by atoms with Crippen LogP contribution in [0, 0.1) is 0 Å². The van der Waals surface area contributed by atoms with E-state index >= 15 is 0 Å². The lowest BCUT2D eigenvalue weighted by atomic mass is 10.2. The van der Waals surface area contributed by atoms with Crippen LogP contribution < -0.4 is 20.9 Å². The molecular weight excluding hydrogens is 765 g/mol. The Balaban J connectivity index is 1.31. The fourth-order valence-electron chi connectivity index (χ4n) is 6.49. The molecule has 4 rings (SSSR count). The van der Waals surface area contributed by atoms with Gasteiger partial charge in [-0.25, -0.2) is 14.4 Å². The van der Waals surface area contributed by atoms with E-state index in [9.17, 15) is 14.4 Å². The number of para-hydroxylation sites is 2. The van der Waals surface area contributed by atoms with Gasteiger partial charge in [0.1, 0.15) is 0 Å². The Labute approximate surface area is 339 Å². The minimum atomic E-state index is -3.03. The van der Waals surface area contributed by atoms with Crippen molar-refractivity contribution < 1.29 is 40.9 Å². The summed E-state index contributed by atoms with van der Waals surface area (Å²) in [6.07, 6.45) is 1.25. The summed E-state index contributed by atoms with van der Waals surface area (Å²) < 4.78 is 36.0. The zero-order valence-electron chi connectivity index (χ0n) is 34.0. The van der Waals surface area contributed by atoms with E-state index in [1.54, 1.807) is 36.2 Å². The van der Waals surface area contributed by atoms with Crippen molar-refractivity contribution in [2.45, 2.75) is 52.3 Å². The Bertz CT molecular complexity index is 1620. The second-order valence-electron chi connectivity index (χ2n) is 13.2. The summed E-state index contributed by atoms with van der Waals surface area (Å²) in [5.74, 6) is 0. The van der Waals surface area contributed by atoms with Crippen molar-refractivity contribution in [1.29, 1.82) is 0 Å². The summed E-state index contributed by atoms with van der Waals surface area (Å²) >= 11 is 0. The lowest BCUT2D eigenvalue weighted by Gasteiger charge is -2.30. The maximum atomic E-state index is 13.7. The molecule has 0 atom stereocenters. The van der Waals surface area contributed by atoms with Crippen LogP contribution in [-0.4, -0.2) is 119 Å². The highest BCUT2D eigenvalue weighted by molar-refractivity contribution is 6.61. The number of nitrogens with zero attached hydrogens (tertiary/aromatic N) is 3. The molecule has 17 heteroatoms. The average Bonchev–Trinajstić information content (AvgIpc) is 3.59. The quantitative estimate of drug-likeness (QED) is 0.0779. The molecule has 0 saturated carbocycles. The van der Waals surface area contributed by atoms with Crippen molar-refractivity contribution >= 4 is 52.8 Å². The molecule has 3 N–H and O–H groups in total. The number of amides is 6. The van der Waals surface area contributed by atoms with E-state index in [0.717, 1.165) is 11.3 Å². The van der Waals surface area contributed by atoms with Crippen molar-refractivity contribution in [1.82, 2.24) is 15.1 Å². The molecule has 1 aliphatic rings. The number of urea groups is 3. The number of anilines is 3. The maximum Gasteiger partial charge on any atom is 0.500 e. The number of rotatable bonds is 25. The molecule has 1 aliphatic heterocycles. The molecule has 0 aromatic heterocycles. The number of carbonyl (C=O) groups is 3. The number of hydrogen-bond acceptors (Lipinski definition) is 9. The molecule has 0 aliphatic carbocycles. The molecule has 312 valence electrons. The zero-order chi connectivity index (χ0) is 40.9. The van der Waals surface area contributed by atoms with Gasteiger partial charge in [0, 0.05) is 102 Å². The van der Waals surface area contributed by atoms with E-state index < -0.39 is 17.6 Å². The molecule has 6 amide bonds. The van der Waals surface area contributed by atoms with Gasteiger partial charge in [-0.3, -0.25) is 4.90 Å². The van der Waals surface area contributed by atoms with Crippen LogP contribution in [0.3, 0.4) is 0 Å². The van der Waals surface area contributed by atoms with Crippen molar-refractivity contribution in [3.8, 4) is 0 Å². The van der Waals surface area contributed by atoms with Gasteiger partial charge in [0.15, 0.2) is 0 Å². The smallest absolute Gasteiger partial charge is 0.377 e. The van der Waals surface area contributed by atoms with Crippen LogP contribution in [0.25, 0.3) is 0 Å². The molecule has 3 aromatic rings. The van der Waals surface area contributed by atoms with Crippen molar-refractivity contribution in [2.24, 2.45) is 0 Å². The highest BCUT2D eigenvalue weighted by Crippen LogP contribution is 2.24. The Kier molecular flexibility index (Phi) is 18.9. The lowest BCUT2D eigenvalue weighted by Crippen LogP contribution is -2.47. The van der Waals surface area contributed by atoms with Gasteiger partial charge in [0.05, 0.1) is 6.61 Å². The fourth-order valence-corrected chi connectivity index (χ4v) is 11.0. The molecule has 1 fully saturated rings. The molecule has 1 heterocycles. The molecule has 3 aromatic carbocycles. The SMILES string of the molecule is CCO[Si](CCCN(CCNC(=O)Nc1ccccc1)C(=O)Nc1ccc(CO[Si](CCCN2CCN(c3ccccc3)C2=O)(OC)OC)cc1)(OCC)OCC. The highest BCUT2D eigenvalue weighted by atomic mass is 28.4. The first-order valence-corrected chi connectivity index (χ1v) is 23.6. The van der Waals surface area contributed by atoms with Crippen LogP contribution in [0.15, 0.2) is 84.9 Å². The predicted octanol–water partition coefficient (Wildman–Crippen LogP) is 6.86. The summed E-state index contributed by atoms with van der Waals surface area (Å²) in [4.78, 5) is 44.6. The monoisotopic (exact) mass is 824 g/mol. The van der Waals surface area contributed by atoms with Crippen LogP contribution in [0.1, 0.15) is 39.2 Å². The number of nitrogens with one attached hydrogen (secondary N) is 3. The van der Waals surface area contributed by atoms with E-state index in [1.807, 2.05) is 98.5 Å². The normalized spacial score (nSPS) is 13.2. The van der Waals surface area contributed by atoms with Crippen LogP contribution in [0.4, 0.5) is 31.4 Å². The van der Waals surface area contributed by atoms with Gasteiger partial charge in [0.25, 0.3) is 0 Å². The first-order valence-electron chi connectivity index (χ1n) is 19.7. The molecule has 0 bridgehead atoms. The van der Waals surface area contributed by atoms with Crippen molar-refractivity contribution in [3.63, 3.8) is 0 Å². The fraction of sp³-hybridized carbons (Fsp3) is 0.475. The van der Waals surface area contributed by atoms with Gasteiger partial charge < -0.3 is 52.3 Å². The standard InChI is InChI=1S/C40H60N6O9Si2/c1-6-52-57(53-7-2,54-8-3)32-15-26-44(28-25-41-38(47)42-35-17-11-9-12-18-35)39(48)43-36-23-21-34(22-24-36)33-55-56(50-4,51-5)31-16-27-45-29-30-46(40(45)49)37-19-13-10-14-20-37/h9-14,17-24H,6-8,15-16,25-33H2,1-5H3,(H,43,48)(H2,41,42,47). The highest BCUT2D eigenvalue weighted by Gasteiger charge is 2.41. The Morgan fingerprint density at radius 1 is 0.702 bits per heavy atom. The molecule has 0 spiro atoms.